The molecule has 1 aliphatic heterocycles. The minimum absolute atomic E-state index is 0.00132. The summed E-state index contributed by atoms with van der Waals surface area (Å²) in [5.74, 6) is -1.08. The normalized spacial score (nSPS) is 24.1. The molecule has 7 heteroatoms. The van der Waals surface area contributed by atoms with Gasteiger partial charge in [-0.3, -0.25) is 9.59 Å². The number of fused-ring (bicyclic) bond motifs is 4. The fourth-order valence-corrected chi connectivity index (χ4v) is 6.99. The van der Waals surface area contributed by atoms with Crippen molar-refractivity contribution in [3.63, 3.8) is 0 Å². The van der Waals surface area contributed by atoms with Gasteiger partial charge in [-0.1, -0.05) is 72.8 Å². The van der Waals surface area contributed by atoms with Crippen LogP contribution in [-0.2, 0) is 9.39 Å². The van der Waals surface area contributed by atoms with Crippen LogP contribution in [0.2, 0.25) is 6.32 Å². The Bertz CT molecular complexity index is 1510. The van der Waals surface area contributed by atoms with Gasteiger partial charge in [-0.2, -0.15) is 0 Å². The lowest BCUT2D eigenvalue weighted by atomic mass is 9.54. The summed E-state index contributed by atoms with van der Waals surface area (Å²) in [6, 6.07) is 24.3. The van der Waals surface area contributed by atoms with Crippen LogP contribution >= 0.6 is 0 Å². The molecule has 0 bridgehead atoms. The summed E-state index contributed by atoms with van der Waals surface area (Å²) in [6.45, 7) is 0.350. The fourth-order valence-electron chi connectivity index (χ4n) is 6.99. The molecular formula is C34H33BO6. The number of ether oxygens (including phenoxy) is 1. The molecule has 1 fully saturated rings. The Hall–Kier alpha value is -3.78. The van der Waals surface area contributed by atoms with Gasteiger partial charge in [0, 0.05) is 30.1 Å². The first-order chi connectivity index (χ1) is 19.9. The van der Waals surface area contributed by atoms with Gasteiger partial charge in [0.2, 0.25) is 0 Å². The molecular weight excluding hydrogens is 515 g/mol. The molecule has 3 aromatic carbocycles. The van der Waals surface area contributed by atoms with Crippen molar-refractivity contribution in [1.29, 1.82) is 0 Å². The van der Waals surface area contributed by atoms with E-state index in [9.17, 15) is 19.7 Å². The summed E-state index contributed by atoms with van der Waals surface area (Å²) in [6.07, 6.45) is 3.66. The standard InChI is InChI=1S/C34H33BO6/c1-40-20-24-18-28-32(34(38)27-10-6-5-9-26(27)33(28)37)29-19-35(39)41-30(31(24)29)16-13-23(22-7-3-2-4-8-22)17-21-11-14-25(36)15-12-21/h2-12,14-15,17,28-30,32,36,39H,13,16,18-20H2,1H3/b23-17-/t28-,29+,30-,32-/m1/s1. The Morgan fingerprint density at radius 1 is 0.951 bits per heavy atom. The van der Waals surface area contributed by atoms with Crippen LogP contribution < -0.4 is 0 Å². The van der Waals surface area contributed by atoms with Gasteiger partial charge in [-0.15, -0.1) is 0 Å². The summed E-state index contributed by atoms with van der Waals surface area (Å²) in [5, 5.41) is 20.6. The Kier molecular flexibility index (Phi) is 7.76. The molecule has 4 atom stereocenters. The highest BCUT2D eigenvalue weighted by Gasteiger charge is 2.53. The molecule has 208 valence electrons. The number of hydrogen-bond acceptors (Lipinski definition) is 6. The van der Waals surface area contributed by atoms with E-state index in [1.54, 1.807) is 43.5 Å². The molecule has 0 spiro atoms. The lowest BCUT2D eigenvalue weighted by molar-refractivity contribution is 0.0585. The number of Topliss-reactive ketones (excluding diaryl/α,β-unsaturated/α-hetero) is 2. The Balaban J connectivity index is 1.35. The van der Waals surface area contributed by atoms with Crippen LogP contribution in [0.3, 0.4) is 0 Å². The number of rotatable bonds is 7. The van der Waals surface area contributed by atoms with Gasteiger partial charge in [0.15, 0.2) is 11.6 Å². The summed E-state index contributed by atoms with van der Waals surface area (Å²) < 4.78 is 11.8. The number of phenolic OH excluding ortho intramolecular Hbond substituents is 1. The number of hydrogen-bond donors (Lipinski definition) is 2. The average molecular weight is 548 g/mol. The average Bonchev–Trinajstić information content (AvgIpc) is 2.99. The van der Waals surface area contributed by atoms with Gasteiger partial charge in [-0.25, -0.2) is 0 Å². The fraction of sp³-hybridized carbons (Fsp3) is 0.294. The van der Waals surface area contributed by atoms with Gasteiger partial charge >= 0.3 is 7.12 Å². The third kappa shape index (κ3) is 5.33. The largest absolute Gasteiger partial charge is 0.508 e. The summed E-state index contributed by atoms with van der Waals surface area (Å²) in [7, 11) is 0.608. The van der Waals surface area contributed by atoms with Gasteiger partial charge in [0.05, 0.1) is 12.7 Å². The van der Waals surface area contributed by atoms with Gasteiger partial charge in [0.1, 0.15) is 5.75 Å². The van der Waals surface area contributed by atoms with E-state index >= 15 is 0 Å². The van der Waals surface area contributed by atoms with Gasteiger partial charge in [0.25, 0.3) is 0 Å². The molecule has 3 aliphatic rings. The lowest BCUT2D eigenvalue weighted by Crippen LogP contribution is -2.51. The highest BCUT2D eigenvalue weighted by molar-refractivity contribution is 6.43. The number of aromatic hydroxyl groups is 1. The summed E-state index contributed by atoms with van der Waals surface area (Å²) >= 11 is 0. The van der Waals surface area contributed by atoms with Gasteiger partial charge in [-0.05, 0) is 71.5 Å². The molecule has 2 aliphatic carbocycles. The molecule has 1 saturated heterocycles. The van der Waals surface area contributed by atoms with Crippen molar-refractivity contribution in [1.82, 2.24) is 0 Å². The molecule has 0 unspecified atom stereocenters. The third-order valence-corrected chi connectivity index (χ3v) is 8.74. The van der Waals surface area contributed by atoms with E-state index in [2.05, 4.69) is 18.2 Å². The van der Waals surface area contributed by atoms with Crippen molar-refractivity contribution in [2.45, 2.75) is 31.7 Å². The number of methoxy groups -OCH3 is 1. The number of ketones is 2. The number of allylic oxidation sites excluding steroid dienone is 1. The molecule has 1 heterocycles. The lowest BCUT2D eigenvalue weighted by Gasteiger charge is -2.47. The van der Waals surface area contributed by atoms with Crippen LogP contribution in [0.15, 0.2) is 90.0 Å². The van der Waals surface area contributed by atoms with E-state index in [0.29, 0.717) is 37.0 Å². The number of carbonyl (C=O) groups excluding carboxylic acids is 2. The zero-order valence-electron chi connectivity index (χ0n) is 23.0. The van der Waals surface area contributed by atoms with Crippen molar-refractivity contribution >= 4 is 30.3 Å². The van der Waals surface area contributed by atoms with E-state index < -0.39 is 25.1 Å². The summed E-state index contributed by atoms with van der Waals surface area (Å²) in [5.41, 5.74) is 6.12. The quantitative estimate of drug-likeness (QED) is 0.218. The molecule has 6 rings (SSSR count). The van der Waals surface area contributed by atoms with Crippen LogP contribution in [0.5, 0.6) is 5.75 Å². The second-order valence-electron chi connectivity index (χ2n) is 11.2. The maximum Gasteiger partial charge on any atom is 0.455 e. The first-order valence-corrected chi connectivity index (χ1v) is 14.2. The van der Waals surface area contributed by atoms with Crippen LogP contribution in [0.1, 0.15) is 51.1 Å². The monoisotopic (exact) mass is 548 g/mol. The SMILES string of the molecule is COCC1=C2[C@@H](CC/C(=C/c3ccc(O)cc3)c3ccccc3)OB(O)C[C@@H]2[C@@H]2C(=O)c3ccccc3C(=O)[C@@H]2C1. The Labute approximate surface area is 240 Å². The second kappa shape index (κ2) is 11.6. The minimum atomic E-state index is -1.03. The van der Waals surface area contributed by atoms with Crippen LogP contribution in [0, 0.1) is 17.8 Å². The first kappa shape index (κ1) is 27.4. The molecule has 2 N–H and O–H groups in total. The zero-order chi connectivity index (χ0) is 28.5. The first-order valence-electron chi connectivity index (χ1n) is 14.2. The number of carbonyl (C=O) groups is 2. The van der Waals surface area contributed by atoms with Crippen LogP contribution in [0.4, 0.5) is 0 Å². The predicted octanol–water partition coefficient (Wildman–Crippen LogP) is 5.87. The van der Waals surface area contributed by atoms with Crippen molar-refractivity contribution in [2.24, 2.45) is 17.8 Å². The van der Waals surface area contributed by atoms with E-state index in [-0.39, 0.29) is 29.6 Å². The van der Waals surface area contributed by atoms with Crippen molar-refractivity contribution in [2.75, 3.05) is 13.7 Å². The van der Waals surface area contributed by atoms with E-state index in [1.165, 1.54) is 0 Å². The molecule has 0 saturated carbocycles. The maximum atomic E-state index is 13.9. The van der Waals surface area contributed by atoms with Crippen molar-refractivity contribution < 1.29 is 29.1 Å². The topological polar surface area (TPSA) is 93.1 Å². The molecule has 0 amide bonds. The number of phenols is 1. The maximum absolute atomic E-state index is 13.9. The van der Waals surface area contributed by atoms with Gasteiger partial charge < -0.3 is 19.5 Å². The molecule has 41 heavy (non-hydrogen) atoms. The van der Waals surface area contributed by atoms with E-state index in [4.69, 9.17) is 9.39 Å². The highest BCUT2D eigenvalue weighted by atomic mass is 16.5. The van der Waals surface area contributed by atoms with E-state index in [0.717, 1.165) is 27.8 Å². The highest BCUT2D eigenvalue weighted by Crippen LogP contribution is 2.51. The molecule has 3 aromatic rings. The Morgan fingerprint density at radius 2 is 1.63 bits per heavy atom. The molecule has 0 aromatic heterocycles. The second-order valence-corrected chi connectivity index (χ2v) is 11.2. The predicted molar refractivity (Wildman–Crippen MR) is 158 cm³/mol. The van der Waals surface area contributed by atoms with Crippen LogP contribution in [-0.4, -0.2) is 48.6 Å². The van der Waals surface area contributed by atoms with Crippen molar-refractivity contribution in [3.05, 3.63) is 112 Å². The number of benzene rings is 3. The third-order valence-electron chi connectivity index (χ3n) is 8.74. The minimum Gasteiger partial charge on any atom is -0.508 e. The zero-order valence-corrected chi connectivity index (χ0v) is 23.0. The molecule has 6 nitrogen and oxygen atoms in total. The van der Waals surface area contributed by atoms with Crippen LogP contribution in [0.25, 0.3) is 11.6 Å². The van der Waals surface area contributed by atoms with E-state index in [1.807, 2.05) is 30.3 Å². The smallest absolute Gasteiger partial charge is 0.455 e. The summed E-state index contributed by atoms with van der Waals surface area (Å²) in [4.78, 5) is 27.5. The Morgan fingerprint density at radius 3 is 2.34 bits per heavy atom. The van der Waals surface area contributed by atoms with Crippen molar-refractivity contribution in [3.8, 4) is 5.75 Å². The molecule has 0 radical (unpaired) electrons.